The highest BCUT2D eigenvalue weighted by molar-refractivity contribution is 14.0. The van der Waals surface area contributed by atoms with E-state index >= 15 is 0 Å². The van der Waals surface area contributed by atoms with Crippen molar-refractivity contribution >= 4 is 29.9 Å². The summed E-state index contributed by atoms with van der Waals surface area (Å²) >= 11 is 0. The molecule has 1 saturated heterocycles. The summed E-state index contributed by atoms with van der Waals surface area (Å²) in [7, 11) is 0. The molecule has 1 unspecified atom stereocenters. The second-order valence-electron chi connectivity index (χ2n) is 3.46. The summed E-state index contributed by atoms with van der Waals surface area (Å²) < 4.78 is 10.8. The van der Waals surface area contributed by atoms with E-state index < -0.39 is 0 Å². The van der Waals surface area contributed by atoms with Crippen molar-refractivity contribution in [1.29, 1.82) is 0 Å². The van der Waals surface area contributed by atoms with Gasteiger partial charge in [-0.25, -0.2) is 0 Å². The molecule has 1 atom stereocenters. The van der Waals surface area contributed by atoms with Gasteiger partial charge in [0, 0.05) is 13.1 Å². The molecule has 0 aromatic heterocycles. The third kappa shape index (κ3) is 7.56. The highest BCUT2D eigenvalue weighted by Crippen LogP contribution is 2.00. The Morgan fingerprint density at radius 1 is 1.47 bits per heavy atom. The van der Waals surface area contributed by atoms with Gasteiger partial charge in [-0.05, 0) is 6.92 Å². The number of halogens is 1. The zero-order valence-electron chi connectivity index (χ0n) is 10.3. The molecular formula is C11H22IN3O2. The highest BCUT2D eigenvalue weighted by atomic mass is 127. The minimum Gasteiger partial charge on any atom is -0.376 e. The molecular weight excluding hydrogens is 333 g/mol. The predicted octanol–water partition coefficient (Wildman–Crippen LogP) is 0.761. The van der Waals surface area contributed by atoms with Gasteiger partial charge in [-0.3, -0.25) is 4.99 Å². The SMILES string of the molecule is C=CCNC(=NCC1COCCO1)NCC.I. The maximum atomic E-state index is 5.50. The number of rotatable bonds is 5. The predicted molar refractivity (Wildman–Crippen MR) is 80.2 cm³/mol. The fraction of sp³-hybridized carbons (Fsp3) is 0.727. The number of nitrogens with one attached hydrogen (secondary N) is 2. The van der Waals surface area contributed by atoms with Crippen molar-refractivity contribution in [3.05, 3.63) is 12.7 Å². The van der Waals surface area contributed by atoms with Gasteiger partial charge in [0.15, 0.2) is 5.96 Å². The molecule has 2 N–H and O–H groups in total. The van der Waals surface area contributed by atoms with Gasteiger partial charge >= 0.3 is 0 Å². The molecule has 0 radical (unpaired) electrons. The molecule has 0 saturated carbocycles. The second-order valence-corrected chi connectivity index (χ2v) is 3.46. The largest absolute Gasteiger partial charge is 0.376 e. The summed E-state index contributed by atoms with van der Waals surface area (Å²) in [4.78, 5) is 4.42. The summed E-state index contributed by atoms with van der Waals surface area (Å²) in [6.07, 6.45) is 1.88. The zero-order valence-corrected chi connectivity index (χ0v) is 12.6. The van der Waals surface area contributed by atoms with Crippen molar-refractivity contribution in [3.8, 4) is 0 Å². The molecule has 17 heavy (non-hydrogen) atoms. The Labute approximate surface area is 120 Å². The highest BCUT2D eigenvalue weighted by Gasteiger charge is 2.13. The maximum absolute atomic E-state index is 5.50. The number of ether oxygens (including phenoxy) is 2. The van der Waals surface area contributed by atoms with Crippen LogP contribution in [0.1, 0.15) is 6.92 Å². The van der Waals surface area contributed by atoms with Gasteiger partial charge in [-0.15, -0.1) is 30.6 Å². The van der Waals surface area contributed by atoms with Crippen LogP contribution in [0.3, 0.4) is 0 Å². The molecule has 1 fully saturated rings. The van der Waals surface area contributed by atoms with Crippen LogP contribution >= 0.6 is 24.0 Å². The molecule has 1 rings (SSSR count). The van der Waals surface area contributed by atoms with Gasteiger partial charge in [0.1, 0.15) is 6.10 Å². The minimum absolute atomic E-state index is 0. The molecule has 0 bridgehead atoms. The van der Waals surface area contributed by atoms with Crippen molar-refractivity contribution in [3.63, 3.8) is 0 Å². The average Bonchev–Trinajstić information content (AvgIpc) is 2.34. The first-order valence-electron chi connectivity index (χ1n) is 5.69. The Morgan fingerprint density at radius 3 is 2.88 bits per heavy atom. The quantitative estimate of drug-likeness (QED) is 0.331. The van der Waals surface area contributed by atoms with E-state index in [0.717, 1.165) is 12.5 Å². The second kappa shape index (κ2) is 10.8. The third-order valence-corrected chi connectivity index (χ3v) is 2.10. The molecule has 0 aromatic carbocycles. The van der Waals surface area contributed by atoms with Crippen LogP contribution in [0.2, 0.25) is 0 Å². The number of hydrogen-bond donors (Lipinski definition) is 2. The van der Waals surface area contributed by atoms with E-state index in [1.54, 1.807) is 6.08 Å². The minimum atomic E-state index is 0. The number of nitrogens with zero attached hydrogens (tertiary/aromatic N) is 1. The van der Waals surface area contributed by atoms with Crippen LogP contribution in [-0.4, -0.2) is 51.5 Å². The van der Waals surface area contributed by atoms with Crippen molar-refractivity contribution < 1.29 is 9.47 Å². The number of aliphatic imine (C=N–C) groups is 1. The Morgan fingerprint density at radius 2 is 2.29 bits per heavy atom. The van der Waals surface area contributed by atoms with Gasteiger partial charge in [-0.1, -0.05) is 6.08 Å². The summed E-state index contributed by atoms with van der Waals surface area (Å²) in [5.74, 6) is 0.788. The van der Waals surface area contributed by atoms with Crippen molar-refractivity contribution in [1.82, 2.24) is 10.6 Å². The first kappa shape index (κ1) is 16.7. The van der Waals surface area contributed by atoms with E-state index in [0.29, 0.717) is 32.9 Å². The Kier molecular flexibility index (Phi) is 10.6. The molecule has 0 aliphatic carbocycles. The summed E-state index contributed by atoms with van der Waals surface area (Å²) in [6, 6.07) is 0. The van der Waals surface area contributed by atoms with Crippen LogP contribution in [-0.2, 0) is 9.47 Å². The molecule has 5 nitrogen and oxygen atoms in total. The molecule has 6 heteroatoms. The van der Waals surface area contributed by atoms with Crippen molar-refractivity contribution in [2.75, 3.05) is 39.5 Å². The maximum Gasteiger partial charge on any atom is 0.191 e. The molecule has 100 valence electrons. The lowest BCUT2D eigenvalue weighted by Gasteiger charge is -2.21. The van der Waals surface area contributed by atoms with E-state index in [-0.39, 0.29) is 30.1 Å². The first-order valence-corrected chi connectivity index (χ1v) is 5.69. The van der Waals surface area contributed by atoms with Crippen molar-refractivity contribution in [2.45, 2.75) is 13.0 Å². The van der Waals surface area contributed by atoms with Crippen molar-refractivity contribution in [2.24, 2.45) is 4.99 Å². The van der Waals surface area contributed by atoms with Crippen LogP contribution in [0.4, 0.5) is 0 Å². The monoisotopic (exact) mass is 355 g/mol. The molecule has 0 amide bonds. The fourth-order valence-electron chi connectivity index (χ4n) is 1.35. The first-order chi connectivity index (χ1) is 7.86. The van der Waals surface area contributed by atoms with Crippen LogP contribution < -0.4 is 10.6 Å². The van der Waals surface area contributed by atoms with E-state index in [4.69, 9.17) is 9.47 Å². The van der Waals surface area contributed by atoms with E-state index in [1.165, 1.54) is 0 Å². The van der Waals surface area contributed by atoms with Gasteiger partial charge < -0.3 is 20.1 Å². The fourth-order valence-corrected chi connectivity index (χ4v) is 1.35. The number of hydrogen-bond acceptors (Lipinski definition) is 3. The van der Waals surface area contributed by atoms with Crippen LogP contribution in [0, 0.1) is 0 Å². The Hall–Kier alpha value is -0.340. The van der Waals surface area contributed by atoms with E-state index in [1.807, 2.05) is 6.92 Å². The van der Waals surface area contributed by atoms with Gasteiger partial charge in [-0.2, -0.15) is 0 Å². The summed E-state index contributed by atoms with van der Waals surface area (Å²) in [5, 5.41) is 6.29. The normalized spacial score (nSPS) is 20.3. The molecule has 0 spiro atoms. The topological polar surface area (TPSA) is 54.9 Å². The molecule has 1 aliphatic rings. The molecule has 0 aromatic rings. The van der Waals surface area contributed by atoms with Gasteiger partial charge in [0.05, 0.1) is 26.4 Å². The average molecular weight is 355 g/mol. The third-order valence-electron chi connectivity index (χ3n) is 2.10. The standard InChI is InChI=1S/C11H21N3O2.HI/c1-3-5-13-11(12-4-2)14-8-10-9-15-6-7-16-10;/h3,10H,1,4-9H2,2H3,(H2,12,13,14);1H. The lowest BCUT2D eigenvalue weighted by atomic mass is 10.3. The molecule has 1 heterocycles. The Bertz CT molecular complexity index is 231. The van der Waals surface area contributed by atoms with Crippen LogP contribution in [0.15, 0.2) is 17.6 Å². The lowest BCUT2D eigenvalue weighted by Crippen LogP contribution is -2.39. The molecule has 1 aliphatic heterocycles. The Balaban J connectivity index is 0.00000256. The van der Waals surface area contributed by atoms with E-state index in [2.05, 4.69) is 22.2 Å². The smallest absolute Gasteiger partial charge is 0.191 e. The van der Waals surface area contributed by atoms with Crippen LogP contribution in [0.25, 0.3) is 0 Å². The summed E-state index contributed by atoms with van der Waals surface area (Å²) in [6.45, 7) is 9.83. The lowest BCUT2D eigenvalue weighted by molar-refractivity contribution is -0.0832. The van der Waals surface area contributed by atoms with Gasteiger partial charge in [0.2, 0.25) is 0 Å². The van der Waals surface area contributed by atoms with E-state index in [9.17, 15) is 0 Å². The summed E-state index contributed by atoms with van der Waals surface area (Å²) in [5.41, 5.74) is 0. The zero-order chi connectivity index (χ0) is 11.6. The number of guanidine groups is 1. The van der Waals surface area contributed by atoms with Gasteiger partial charge in [0.25, 0.3) is 0 Å². The van der Waals surface area contributed by atoms with Crippen LogP contribution in [0.5, 0.6) is 0 Å².